The van der Waals surface area contributed by atoms with Gasteiger partial charge in [0.25, 0.3) is 10.0 Å². The zero-order valence-corrected chi connectivity index (χ0v) is 28.9. The number of carbonyl (C=O) groups is 1. The summed E-state index contributed by atoms with van der Waals surface area (Å²) in [6, 6.07) is 4.72. The minimum absolute atomic E-state index is 0.0259. The monoisotopic (exact) mass is 645 g/mol. The molecule has 6 rings (SSSR count). The fourth-order valence-corrected chi connectivity index (χ4v) is 12.3. The molecule has 45 heavy (non-hydrogen) atoms. The highest BCUT2D eigenvalue weighted by Crippen LogP contribution is 2.69. The largest absolute Gasteiger partial charge is 0.487 e. The smallest absolute Gasteiger partial charge is 0.421 e. The molecule has 3 N–H and O–H groups in total. The van der Waals surface area contributed by atoms with Gasteiger partial charge in [0.1, 0.15) is 11.4 Å². The van der Waals surface area contributed by atoms with E-state index in [0.717, 1.165) is 63.4 Å². The maximum atomic E-state index is 13.1. The van der Waals surface area contributed by atoms with Crippen molar-refractivity contribution in [2.24, 2.45) is 52.3 Å². The molecule has 0 radical (unpaired) electrons. The number of nitrogens with one attached hydrogen (secondary N) is 1. The van der Waals surface area contributed by atoms with Gasteiger partial charge in [0, 0.05) is 6.42 Å². The highest BCUT2D eigenvalue weighted by Gasteiger charge is 2.65. The predicted octanol–water partition coefficient (Wildman–Crippen LogP) is 6.47. The number of amides is 1. The summed E-state index contributed by atoms with van der Waals surface area (Å²) in [5, 5.41) is 22.5. The van der Waals surface area contributed by atoms with Crippen molar-refractivity contribution in [1.29, 1.82) is 0 Å². The molecular weight excluding hydrogens is 590 g/mol. The van der Waals surface area contributed by atoms with Gasteiger partial charge >= 0.3 is 6.09 Å². The number of hydrogen-bond donors (Lipinski definition) is 3. The summed E-state index contributed by atoms with van der Waals surface area (Å²) >= 11 is 0. The highest BCUT2D eigenvalue weighted by molar-refractivity contribution is 7.90. The summed E-state index contributed by atoms with van der Waals surface area (Å²) in [6.07, 6.45) is 7.76. The van der Waals surface area contributed by atoms with Gasteiger partial charge in [-0.2, -0.15) is 0 Å². The zero-order chi connectivity index (χ0) is 32.5. The normalized spacial score (nSPS) is 42.8. The fourth-order valence-electron chi connectivity index (χ4n) is 11.3. The molecule has 0 saturated heterocycles. The fraction of sp³-hybridized carbons (Fsp3) is 0.806. The van der Waals surface area contributed by atoms with E-state index in [2.05, 4.69) is 32.4 Å². The Bertz CT molecular complexity index is 1400. The third-order valence-electron chi connectivity index (χ3n) is 13.9. The van der Waals surface area contributed by atoms with E-state index in [9.17, 15) is 23.4 Å². The predicted molar refractivity (Wildman–Crippen MR) is 172 cm³/mol. The summed E-state index contributed by atoms with van der Waals surface area (Å²) in [4.78, 5) is 12.8. The Balaban J connectivity index is 1.10. The number of hydrogen-bond acceptors (Lipinski definition) is 7. The summed E-state index contributed by atoms with van der Waals surface area (Å²) in [7, 11) is -4.09. The van der Waals surface area contributed by atoms with Crippen molar-refractivity contribution in [1.82, 2.24) is 4.72 Å². The van der Waals surface area contributed by atoms with E-state index in [-0.39, 0.29) is 57.9 Å². The zero-order valence-electron chi connectivity index (χ0n) is 28.1. The first-order valence-electron chi connectivity index (χ1n) is 17.5. The number of aliphatic hydroxyl groups is 2. The van der Waals surface area contributed by atoms with Crippen LogP contribution in [-0.2, 0) is 21.2 Å². The standard InChI is InChI=1S/C36H55NO7S/c1-7-25-29-18-23(38)13-15-36(29,6)28-14-16-35(5)26(10-11-27(35)31(28)32(25)39)21(3)20-43-33(40)37-45(41,42)24-9-12-30-22(17-24)19-34(4,8-2)44-30/h9,12,17,21,23,25-29,31-32,38-39H,7-8,10-11,13-16,18-20H2,1-6H3,(H,37,40)/t21-,23-,25-,26-,27+,28+,29+,31+,32-,34?,35-,36-/m1/s1. The molecule has 4 saturated carbocycles. The summed E-state index contributed by atoms with van der Waals surface area (Å²) < 4.78 is 39.9. The van der Waals surface area contributed by atoms with E-state index in [1.165, 1.54) is 6.07 Å². The molecule has 1 aliphatic heterocycles. The van der Waals surface area contributed by atoms with Gasteiger partial charge in [-0.3, -0.25) is 0 Å². The van der Waals surface area contributed by atoms with Gasteiger partial charge in [-0.25, -0.2) is 17.9 Å². The van der Waals surface area contributed by atoms with E-state index in [4.69, 9.17) is 9.47 Å². The van der Waals surface area contributed by atoms with Crippen LogP contribution < -0.4 is 9.46 Å². The van der Waals surface area contributed by atoms with Gasteiger partial charge in [0.2, 0.25) is 0 Å². The van der Waals surface area contributed by atoms with Crippen molar-refractivity contribution in [2.75, 3.05) is 6.61 Å². The number of ether oxygens (including phenoxy) is 2. The van der Waals surface area contributed by atoms with Crippen molar-refractivity contribution in [3.05, 3.63) is 23.8 Å². The molecule has 4 aliphatic carbocycles. The number of rotatable bonds is 7. The third-order valence-corrected chi connectivity index (χ3v) is 15.2. The van der Waals surface area contributed by atoms with Gasteiger partial charge in [-0.15, -0.1) is 0 Å². The van der Waals surface area contributed by atoms with Crippen LogP contribution in [0.15, 0.2) is 23.1 Å². The van der Waals surface area contributed by atoms with Crippen molar-refractivity contribution in [2.45, 2.75) is 128 Å². The molecule has 1 amide bonds. The molecule has 1 aromatic carbocycles. The number of carbonyl (C=O) groups excluding carboxylic acids is 1. The second kappa shape index (κ2) is 11.7. The van der Waals surface area contributed by atoms with Crippen LogP contribution in [0.5, 0.6) is 5.75 Å². The van der Waals surface area contributed by atoms with E-state index in [0.29, 0.717) is 35.8 Å². The average Bonchev–Trinajstić information content (AvgIpc) is 3.53. The van der Waals surface area contributed by atoms with Crippen molar-refractivity contribution in [3.63, 3.8) is 0 Å². The molecule has 0 spiro atoms. The lowest BCUT2D eigenvalue weighted by molar-refractivity contribution is -0.203. The molecule has 1 heterocycles. The second-order valence-corrected chi connectivity index (χ2v) is 17.8. The molecule has 1 unspecified atom stereocenters. The van der Waals surface area contributed by atoms with Crippen LogP contribution in [0.2, 0.25) is 0 Å². The quantitative estimate of drug-likeness (QED) is 0.311. The number of benzene rings is 1. The van der Waals surface area contributed by atoms with Crippen molar-refractivity contribution in [3.8, 4) is 5.75 Å². The van der Waals surface area contributed by atoms with E-state index in [1.807, 2.05) is 13.8 Å². The SMILES string of the molecule is CC[C@H]1[C@@H](O)[C@@H]2[C@H](CC[C@]3(C)[C@@H]([C@H](C)COC(=O)NS(=O)(=O)c4ccc5c(c4)CC(C)(CC)O5)CC[C@@H]23)[C@@]2(C)CC[C@@H](O)C[C@@H]12. The Morgan fingerprint density at radius 1 is 1.04 bits per heavy atom. The molecular formula is C36H55NO7S. The van der Waals surface area contributed by atoms with Crippen LogP contribution in [0.25, 0.3) is 0 Å². The molecule has 8 nitrogen and oxygen atoms in total. The summed E-state index contributed by atoms with van der Waals surface area (Å²) in [5.41, 5.74) is 0.655. The molecule has 0 aromatic heterocycles. The van der Waals surface area contributed by atoms with Gasteiger partial charge in [-0.05, 0) is 134 Å². The number of aliphatic hydroxyl groups excluding tert-OH is 2. The van der Waals surface area contributed by atoms with Gasteiger partial charge in [0.15, 0.2) is 0 Å². The van der Waals surface area contributed by atoms with Crippen molar-refractivity contribution < 1.29 is 32.9 Å². The Morgan fingerprint density at radius 3 is 2.47 bits per heavy atom. The van der Waals surface area contributed by atoms with Crippen LogP contribution in [0.3, 0.4) is 0 Å². The van der Waals surface area contributed by atoms with Crippen molar-refractivity contribution >= 4 is 16.1 Å². The lowest BCUT2D eigenvalue weighted by Gasteiger charge is -2.64. The summed E-state index contributed by atoms with van der Waals surface area (Å²) in [6.45, 7) is 13.3. The first-order chi connectivity index (χ1) is 21.2. The Hall–Kier alpha value is -1.84. The van der Waals surface area contributed by atoms with Crippen LogP contribution in [0.4, 0.5) is 4.79 Å². The average molecular weight is 646 g/mol. The third kappa shape index (κ3) is 5.50. The van der Waals surface area contributed by atoms with Crippen LogP contribution in [-0.4, -0.2) is 49.1 Å². The molecule has 5 aliphatic rings. The first kappa shape index (κ1) is 33.1. The summed E-state index contributed by atoms with van der Waals surface area (Å²) in [5.74, 6) is 2.78. The Morgan fingerprint density at radius 2 is 1.76 bits per heavy atom. The molecule has 4 fully saturated rings. The lowest BCUT2D eigenvalue weighted by Crippen LogP contribution is -2.62. The van der Waals surface area contributed by atoms with E-state index < -0.39 is 16.1 Å². The minimum Gasteiger partial charge on any atom is -0.487 e. The van der Waals surface area contributed by atoms with Crippen LogP contribution in [0, 0.1) is 52.3 Å². The van der Waals surface area contributed by atoms with Gasteiger partial charge in [-0.1, -0.05) is 41.0 Å². The van der Waals surface area contributed by atoms with E-state index in [1.54, 1.807) is 12.1 Å². The van der Waals surface area contributed by atoms with Gasteiger partial charge in [0.05, 0.1) is 23.7 Å². The minimum atomic E-state index is -4.09. The molecule has 1 aromatic rings. The second-order valence-electron chi connectivity index (χ2n) is 16.2. The lowest BCUT2D eigenvalue weighted by atomic mass is 9.41. The Labute approximate surface area is 270 Å². The van der Waals surface area contributed by atoms with Crippen LogP contribution >= 0.6 is 0 Å². The maximum absolute atomic E-state index is 13.1. The number of sulfonamides is 1. The Kier molecular flexibility index (Phi) is 8.59. The molecule has 12 atom stereocenters. The topological polar surface area (TPSA) is 122 Å². The number of fused-ring (bicyclic) bond motifs is 6. The molecule has 9 heteroatoms. The maximum Gasteiger partial charge on any atom is 0.421 e. The molecule has 252 valence electrons. The van der Waals surface area contributed by atoms with E-state index >= 15 is 0 Å². The van der Waals surface area contributed by atoms with Gasteiger partial charge < -0.3 is 19.7 Å². The first-order valence-corrected chi connectivity index (χ1v) is 19.0. The highest BCUT2D eigenvalue weighted by atomic mass is 32.2. The molecule has 0 bridgehead atoms. The van der Waals surface area contributed by atoms with Crippen LogP contribution in [0.1, 0.15) is 105 Å².